The standard InChI is InChI=1S/C14H12BrFO/c15-11-6-7-12(13(16)9-11)14(17)8-10-4-2-1-3-5-10/h1-7,9,14,17H,8H2. The molecule has 0 aromatic heterocycles. The lowest BCUT2D eigenvalue weighted by Gasteiger charge is -2.12. The third-order valence-electron chi connectivity index (χ3n) is 2.59. The number of rotatable bonds is 3. The third-order valence-corrected chi connectivity index (χ3v) is 3.09. The van der Waals surface area contributed by atoms with Crippen LogP contribution in [0.25, 0.3) is 0 Å². The summed E-state index contributed by atoms with van der Waals surface area (Å²) in [4.78, 5) is 0. The first-order valence-electron chi connectivity index (χ1n) is 5.34. The fourth-order valence-electron chi connectivity index (χ4n) is 1.72. The maximum absolute atomic E-state index is 13.6. The Hall–Kier alpha value is -1.19. The van der Waals surface area contributed by atoms with Crippen molar-refractivity contribution in [2.24, 2.45) is 0 Å². The average Bonchev–Trinajstić information content (AvgIpc) is 2.30. The smallest absolute Gasteiger partial charge is 0.130 e. The second kappa shape index (κ2) is 5.43. The van der Waals surface area contributed by atoms with Crippen molar-refractivity contribution in [2.75, 3.05) is 0 Å². The van der Waals surface area contributed by atoms with Crippen LogP contribution in [0.2, 0.25) is 0 Å². The molecule has 0 saturated heterocycles. The molecule has 0 amide bonds. The second-order valence-corrected chi connectivity index (χ2v) is 4.79. The Morgan fingerprint density at radius 2 is 1.82 bits per heavy atom. The van der Waals surface area contributed by atoms with Crippen molar-refractivity contribution in [1.29, 1.82) is 0 Å². The summed E-state index contributed by atoms with van der Waals surface area (Å²) in [6.07, 6.45) is -0.398. The van der Waals surface area contributed by atoms with Gasteiger partial charge in [-0.2, -0.15) is 0 Å². The molecule has 1 nitrogen and oxygen atoms in total. The van der Waals surface area contributed by atoms with Crippen LogP contribution in [0.4, 0.5) is 4.39 Å². The van der Waals surface area contributed by atoms with Crippen LogP contribution in [0.1, 0.15) is 17.2 Å². The van der Waals surface area contributed by atoms with Gasteiger partial charge in [0.15, 0.2) is 0 Å². The molecule has 2 aromatic carbocycles. The molecule has 0 fully saturated rings. The number of aliphatic hydroxyl groups excluding tert-OH is 1. The van der Waals surface area contributed by atoms with E-state index in [4.69, 9.17) is 0 Å². The van der Waals surface area contributed by atoms with E-state index in [1.54, 1.807) is 12.1 Å². The molecule has 0 aliphatic heterocycles. The summed E-state index contributed by atoms with van der Waals surface area (Å²) < 4.78 is 14.3. The molecule has 0 aliphatic rings. The molecule has 17 heavy (non-hydrogen) atoms. The molecule has 0 radical (unpaired) electrons. The monoisotopic (exact) mass is 294 g/mol. The van der Waals surface area contributed by atoms with Crippen LogP contribution in [-0.2, 0) is 6.42 Å². The second-order valence-electron chi connectivity index (χ2n) is 3.87. The number of halogens is 2. The van der Waals surface area contributed by atoms with Gasteiger partial charge < -0.3 is 5.11 Å². The van der Waals surface area contributed by atoms with E-state index < -0.39 is 6.10 Å². The van der Waals surface area contributed by atoms with Crippen LogP contribution in [0.5, 0.6) is 0 Å². The molecule has 3 heteroatoms. The van der Waals surface area contributed by atoms with E-state index in [9.17, 15) is 9.50 Å². The van der Waals surface area contributed by atoms with Gasteiger partial charge in [-0.15, -0.1) is 0 Å². The van der Waals surface area contributed by atoms with Gasteiger partial charge in [0.2, 0.25) is 0 Å². The van der Waals surface area contributed by atoms with Crippen molar-refractivity contribution in [2.45, 2.75) is 12.5 Å². The van der Waals surface area contributed by atoms with E-state index in [1.807, 2.05) is 30.3 Å². The maximum atomic E-state index is 13.6. The van der Waals surface area contributed by atoms with Gasteiger partial charge in [0, 0.05) is 16.5 Å². The van der Waals surface area contributed by atoms with Gasteiger partial charge in [0.1, 0.15) is 5.82 Å². The highest BCUT2D eigenvalue weighted by Crippen LogP contribution is 2.23. The first-order valence-corrected chi connectivity index (χ1v) is 6.13. The zero-order valence-corrected chi connectivity index (χ0v) is 10.7. The first kappa shape index (κ1) is 12.3. The van der Waals surface area contributed by atoms with Gasteiger partial charge in [-0.05, 0) is 17.7 Å². The fourth-order valence-corrected chi connectivity index (χ4v) is 2.05. The van der Waals surface area contributed by atoms with Gasteiger partial charge in [0.25, 0.3) is 0 Å². The van der Waals surface area contributed by atoms with Crippen molar-refractivity contribution >= 4 is 15.9 Å². The maximum Gasteiger partial charge on any atom is 0.130 e. The lowest BCUT2D eigenvalue weighted by molar-refractivity contribution is 0.173. The van der Waals surface area contributed by atoms with Gasteiger partial charge in [-0.3, -0.25) is 0 Å². The molecule has 1 unspecified atom stereocenters. The third kappa shape index (κ3) is 3.14. The van der Waals surface area contributed by atoms with E-state index in [1.165, 1.54) is 6.07 Å². The minimum Gasteiger partial charge on any atom is -0.388 e. The van der Waals surface area contributed by atoms with E-state index in [0.717, 1.165) is 5.56 Å². The van der Waals surface area contributed by atoms with Gasteiger partial charge >= 0.3 is 0 Å². The van der Waals surface area contributed by atoms with Gasteiger partial charge in [-0.1, -0.05) is 52.3 Å². The number of benzene rings is 2. The predicted molar refractivity (Wildman–Crippen MR) is 69.2 cm³/mol. The zero-order valence-electron chi connectivity index (χ0n) is 9.11. The van der Waals surface area contributed by atoms with Gasteiger partial charge in [0.05, 0.1) is 6.10 Å². The highest BCUT2D eigenvalue weighted by molar-refractivity contribution is 9.10. The Labute approximate surface area is 108 Å². The molecule has 2 aromatic rings. The summed E-state index contributed by atoms with van der Waals surface area (Å²) in [5.74, 6) is -0.386. The van der Waals surface area contributed by atoms with Crippen molar-refractivity contribution in [3.8, 4) is 0 Å². The first-order chi connectivity index (χ1) is 8.16. The summed E-state index contributed by atoms with van der Waals surface area (Å²) in [6, 6.07) is 14.2. The van der Waals surface area contributed by atoms with Crippen LogP contribution in [0, 0.1) is 5.82 Å². The zero-order chi connectivity index (χ0) is 12.3. The molecule has 2 rings (SSSR count). The van der Waals surface area contributed by atoms with Crippen LogP contribution < -0.4 is 0 Å². The molecule has 1 atom stereocenters. The number of hydrogen-bond donors (Lipinski definition) is 1. The van der Waals surface area contributed by atoms with E-state index in [2.05, 4.69) is 15.9 Å². The molecule has 0 heterocycles. The molecular weight excluding hydrogens is 283 g/mol. The SMILES string of the molecule is OC(Cc1ccccc1)c1ccc(Br)cc1F. The lowest BCUT2D eigenvalue weighted by atomic mass is 10.0. The minimum absolute atomic E-state index is 0.331. The largest absolute Gasteiger partial charge is 0.388 e. The quantitative estimate of drug-likeness (QED) is 0.911. The fraction of sp³-hybridized carbons (Fsp3) is 0.143. The summed E-state index contributed by atoms with van der Waals surface area (Å²) in [5, 5.41) is 9.99. The van der Waals surface area contributed by atoms with E-state index in [-0.39, 0.29) is 5.82 Å². The molecule has 0 bridgehead atoms. The molecule has 0 aliphatic carbocycles. The molecule has 1 N–H and O–H groups in total. The van der Waals surface area contributed by atoms with Crippen LogP contribution in [-0.4, -0.2) is 5.11 Å². The van der Waals surface area contributed by atoms with Crippen LogP contribution in [0.3, 0.4) is 0 Å². The Kier molecular flexibility index (Phi) is 3.92. The van der Waals surface area contributed by atoms with Crippen LogP contribution >= 0.6 is 15.9 Å². The van der Waals surface area contributed by atoms with Gasteiger partial charge in [-0.25, -0.2) is 4.39 Å². The average molecular weight is 295 g/mol. The molecule has 0 spiro atoms. The van der Waals surface area contributed by atoms with Crippen molar-refractivity contribution in [3.05, 3.63) is 69.9 Å². The molecular formula is C14H12BrFO. The number of hydrogen-bond acceptors (Lipinski definition) is 1. The van der Waals surface area contributed by atoms with E-state index in [0.29, 0.717) is 16.5 Å². The normalized spacial score (nSPS) is 12.4. The Morgan fingerprint density at radius 1 is 1.12 bits per heavy atom. The molecule has 0 saturated carbocycles. The summed E-state index contributed by atoms with van der Waals surface area (Å²) >= 11 is 3.19. The van der Waals surface area contributed by atoms with E-state index >= 15 is 0 Å². The highest BCUT2D eigenvalue weighted by Gasteiger charge is 2.13. The molecule has 88 valence electrons. The Morgan fingerprint density at radius 3 is 2.47 bits per heavy atom. The minimum atomic E-state index is -0.814. The number of aliphatic hydroxyl groups is 1. The van der Waals surface area contributed by atoms with Crippen molar-refractivity contribution in [3.63, 3.8) is 0 Å². The summed E-state index contributed by atoms with van der Waals surface area (Å²) in [5.41, 5.74) is 1.32. The Bertz CT molecular complexity index is 499. The van der Waals surface area contributed by atoms with Crippen molar-refractivity contribution < 1.29 is 9.50 Å². The predicted octanol–water partition coefficient (Wildman–Crippen LogP) is 3.86. The topological polar surface area (TPSA) is 20.2 Å². The van der Waals surface area contributed by atoms with Crippen LogP contribution in [0.15, 0.2) is 53.0 Å². The summed E-state index contributed by atoms with van der Waals surface area (Å²) in [7, 11) is 0. The summed E-state index contributed by atoms with van der Waals surface area (Å²) in [6.45, 7) is 0. The Balaban J connectivity index is 2.17. The van der Waals surface area contributed by atoms with Crippen molar-refractivity contribution in [1.82, 2.24) is 0 Å². The highest BCUT2D eigenvalue weighted by atomic mass is 79.9. The lowest BCUT2D eigenvalue weighted by Crippen LogP contribution is -2.04.